The molecule has 1 N–H and O–H groups in total. The van der Waals surface area contributed by atoms with Crippen molar-refractivity contribution in [3.63, 3.8) is 0 Å². The van der Waals surface area contributed by atoms with Gasteiger partial charge in [0.15, 0.2) is 5.78 Å². The SMILES string of the molecule is COC(=O)C1=C(C(=O)OC)N(c2cc(C(C)=O)ccc2O)C=CC=C1. The van der Waals surface area contributed by atoms with Gasteiger partial charge < -0.3 is 19.5 Å². The Morgan fingerprint density at radius 1 is 1.04 bits per heavy atom. The Kier molecular flexibility index (Phi) is 5.38. The standard InChI is InChI=1S/C18H17NO6/c1-11(20)12-7-8-15(21)14(10-12)19-9-5-4-6-13(17(22)24-2)16(19)18(23)25-3/h4-10,21H,1-3H3. The van der Waals surface area contributed by atoms with Crippen molar-refractivity contribution < 1.29 is 29.0 Å². The van der Waals surface area contributed by atoms with Crippen molar-refractivity contribution in [2.45, 2.75) is 6.92 Å². The molecule has 130 valence electrons. The average molecular weight is 343 g/mol. The molecule has 0 aliphatic carbocycles. The van der Waals surface area contributed by atoms with Gasteiger partial charge in [-0.1, -0.05) is 6.08 Å². The van der Waals surface area contributed by atoms with Crippen molar-refractivity contribution >= 4 is 23.4 Å². The number of aromatic hydroxyl groups is 1. The van der Waals surface area contributed by atoms with Gasteiger partial charge in [-0.05, 0) is 37.3 Å². The van der Waals surface area contributed by atoms with E-state index >= 15 is 0 Å². The maximum atomic E-state index is 12.3. The topological polar surface area (TPSA) is 93.1 Å². The summed E-state index contributed by atoms with van der Waals surface area (Å²) in [6.07, 6.45) is 5.98. The maximum Gasteiger partial charge on any atom is 0.355 e. The normalized spacial score (nSPS) is 13.5. The second kappa shape index (κ2) is 7.48. The zero-order chi connectivity index (χ0) is 18.6. The number of ether oxygens (including phenoxy) is 2. The van der Waals surface area contributed by atoms with E-state index in [1.807, 2.05) is 0 Å². The fourth-order valence-electron chi connectivity index (χ4n) is 2.29. The number of carbonyl (C=O) groups excluding carboxylic acids is 3. The highest BCUT2D eigenvalue weighted by Gasteiger charge is 2.28. The highest BCUT2D eigenvalue weighted by atomic mass is 16.5. The molecule has 1 aliphatic heterocycles. The second-order valence-electron chi connectivity index (χ2n) is 5.08. The van der Waals surface area contributed by atoms with Gasteiger partial charge in [-0.25, -0.2) is 9.59 Å². The predicted molar refractivity (Wildman–Crippen MR) is 89.9 cm³/mol. The van der Waals surface area contributed by atoms with E-state index in [0.29, 0.717) is 5.56 Å². The molecule has 1 aromatic rings. The molecule has 1 aliphatic rings. The quantitative estimate of drug-likeness (QED) is 0.661. The molecule has 0 amide bonds. The van der Waals surface area contributed by atoms with Crippen molar-refractivity contribution in [1.29, 1.82) is 0 Å². The van der Waals surface area contributed by atoms with Gasteiger partial charge in [-0.15, -0.1) is 0 Å². The molecular formula is C18H17NO6. The Morgan fingerprint density at radius 3 is 2.32 bits per heavy atom. The van der Waals surface area contributed by atoms with E-state index in [2.05, 4.69) is 0 Å². The highest BCUT2D eigenvalue weighted by molar-refractivity contribution is 6.06. The number of phenols is 1. The third-order valence-electron chi connectivity index (χ3n) is 3.53. The first-order valence-electron chi connectivity index (χ1n) is 7.29. The maximum absolute atomic E-state index is 12.3. The van der Waals surface area contributed by atoms with Crippen LogP contribution in [0.4, 0.5) is 5.69 Å². The molecule has 0 atom stereocenters. The lowest BCUT2D eigenvalue weighted by molar-refractivity contribution is -0.139. The lowest BCUT2D eigenvalue weighted by atomic mass is 10.1. The fourth-order valence-corrected chi connectivity index (χ4v) is 2.29. The fraction of sp³-hybridized carbons (Fsp3) is 0.167. The molecule has 0 bridgehead atoms. The largest absolute Gasteiger partial charge is 0.506 e. The average Bonchev–Trinajstić information content (AvgIpc) is 2.83. The van der Waals surface area contributed by atoms with Gasteiger partial charge in [0.25, 0.3) is 0 Å². The number of allylic oxidation sites excluding steroid dienone is 2. The van der Waals surface area contributed by atoms with E-state index in [1.165, 1.54) is 56.5 Å². The monoisotopic (exact) mass is 343 g/mol. The molecule has 0 saturated heterocycles. The number of nitrogens with zero attached hydrogens (tertiary/aromatic N) is 1. The molecule has 0 radical (unpaired) electrons. The van der Waals surface area contributed by atoms with Gasteiger partial charge in [0.1, 0.15) is 11.4 Å². The molecule has 1 heterocycles. The molecule has 0 fully saturated rings. The lowest BCUT2D eigenvalue weighted by Crippen LogP contribution is -2.27. The smallest absolute Gasteiger partial charge is 0.355 e. The minimum absolute atomic E-state index is 0.0491. The molecule has 0 aromatic heterocycles. The first kappa shape index (κ1) is 18.0. The number of anilines is 1. The number of ketones is 1. The number of benzene rings is 1. The molecule has 0 spiro atoms. The van der Waals surface area contributed by atoms with Crippen LogP contribution < -0.4 is 4.90 Å². The van der Waals surface area contributed by atoms with Crippen LogP contribution in [0.5, 0.6) is 5.75 Å². The summed E-state index contributed by atoms with van der Waals surface area (Å²) in [4.78, 5) is 37.3. The number of esters is 2. The summed E-state index contributed by atoms with van der Waals surface area (Å²) in [5.74, 6) is -1.94. The van der Waals surface area contributed by atoms with E-state index in [4.69, 9.17) is 9.47 Å². The number of rotatable bonds is 4. The predicted octanol–water partition coefficient (Wildman–Crippen LogP) is 2.08. The number of Topliss-reactive ketones (excluding diaryl/α,β-unsaturated/α-hetero) is 1. The number of carbonyl (C=O) groups is 3. The first-order valence-corrected chi connectivity index (χ1v) is 7.29. The molecule has 0 unspecified atom stereocenters. The summed E-state index contributed by atoms with van der Waals surface area (Å²) in [6.45, 7) is 1.38. The summed E-state index contributed by atoms with van der Waals surface area (Å²) in [7, 11) is 2.36. The van der Waals surface area contributed by atoms with E-state index in [9.17, 15) is 19.5 Å². The molecule has 1 aromatic carbocycles. The molecule has 0 saturated carbocycles. The van der Waals surface area contributed by atoms with Gasteiger partial charge in [-0.2, -0.15) is 0 Å². The van der Waals surface area contributed by atoms with Gasteiger partial charge in [0, 0.05) is 11.8 Å². The molecule has 7 nitrogen and oxygen atoms in total. The van der Waals surface area contributed by atoms with Crippen LogP contribution in [0.2, 0.25) is 0 Å². The number of hydrogen-bond donors (Lipinski definition) is 1. The van der Waals surface area contributed by atoms with Crippen LogP contribution in [0, 0.1) is 0 Å². The summed E-state index contributed by atoms with van der Waals surface area (Å²) < 4.78 is 9.50. The minimum atomic E-state index is -0.802. The zero-order valence-electron chi connectivity index (χ0n) is 14.0. The van der Waals surface area contributed by atoms with Gasteiger partial charge >= 0.3 is 11.9 Å². The van der Waals surface area contributed by atoms with Gasteiger partial charge in [0.05, 0.1) is 25.5 Å². The Hall–Kier alpha value is -3.35. The van der Waals surface area contributed by atoms with Crippen LogP contribution in [0.3, 0.4) is 0 Å². The number of methoxy groups -OCH3 is 2. The van der Waals surface area contributed by atoms with Crippen molar-refractivity contribution in [3.8, 4) is 5.75 Å². The summed E-state index contributed by atoms with van der Waals surface area (Å²) in [5.41, 5.74) is 0.291. The molecule has 7 heteroatoms. The third-order valence-corrected chi connectivity index (χ3v) is 3.53. The third kappa shape index (κ3) is 3.60. The zero-order valence-corrected chi connectivity index (χ0v) is 14.0. The molecule has 2 rings (SSSR count). The van der Waals surface area contributed by atoms with Crippen molar-refractivity contribution in [2.75, 3.05) is 19.1 Å². The summed E-state index contributed by atoms with van der Waals surface area (Å²) in [6, 6.07) is 4.22. The molecular weight excluding hydrogens is 326 g/mol. The van der Waals surface area contributed by atoms with Crippen molar-refractivity contribution in [3.05, 3.63) is 59.5 Å². The van der Waals surface area contributed by atoms with E-state index < -0.39 is 11.9 Å². The highest BCUT2D eigenvalue weighted by Crippen LogP contribution is 2.34. The Morgan fingerprint density at radius 2 is 1.72 bits per heavy atom. The Labute approximate surface area is 144 Å². The van der Waals surface area contributed by atoms with Gasteiger partial charge in [-0.3, -0.25) is 4.79 Å². The van der Waals surface area contributed by atoms with E-state index in [1.54, 1.807) is 12.2 Å². The van der Waals surface area contributed by atoms with E-state index in [-0.39, 0.29) is 28.5 Å². The van der Waals surface area contributed by atoms with Crippen LogP contribution in [-0.4, -0.2) is 37.0 Å². The van der Waals surface area contributed by atoms with Crippen molar-refractivity contribution in [1.82, 2.24) is 0 Å². The number of phenolic OH excluding ortho intramolecular Hbond substituents is 1. The van der Waals surface area contributed by atoms with Crippen LogP contribution >= 0.6 is 0 Å². The summed E-state index contributed by atoms with van der Waals surface area (Å²) in [5, 5.41) is 10.2. The second-order valence-corrected chi connectivity index (χ2v) is 5.08. The van der Waals surface area contributed by atoms with Crippen LogP contribution in [-0.2, 0) is 19.1 Å². The van der Waals surface area contributed by atoms with Crippen LogP contribution in [0.15, 0.2) is 53.9 Å². The van der Waals surface area contributed by atoms with Crippen molar-refractivity contribution in [2.24, 2.45) is 0 Å². The Balaban J connectivity index is 2.73. The Bertz CT molecular complexity index is 819. The minimum Gasteiger partial charge on any atom is -0.506 e. The van der Waals surface area contributed by atoms with Crippen LogP contribution in [0.25, 0.3) is 0 Å². The van der Waals surface area contributed by atoms with Crippen LogP contribution in [0.1, 0.15) is 17.3 Å². The van der Waals surface area contributed by atoms with Gasteiger partial charge in [0.2, 0.25) is 0 Å². The molecule has 25 heavy (non-hydrogen) atoms. The summed E-state index contributed by atoms with van der Waals surface area (Å²) >= 11 is 0. The lowest BCUT2D eigenvalue weighted by Gasteiger charge is -2.24. The number of hydrogen-bond acceptors (Lipinski definition) is 7. The van der Waals surface area contributed by atoms with E-state index in [0.717, 1.165) is 0 Å². The first-order chi connectivity index (χ1) is 11.9.